The average molecular weight is 362 g/mol. The van der Waals surface area contributed by atoms with E-state index >= 15 is 0 Å². The van der Waals surface area contributed by atoms with Crippen LogP contribution in [-0.4, -0.2) is 11.8 Å². The van der Waals surface area contributed by atoms with Gasteiger partial charge in [-0.1, -0.05) is 24.3 Å². The van der Waals surface area contributed by atoms with Crippen LogP contribution in [0.15, 0.2) is 48.5 Å². The number of carbonyl (C=O) groups is 2. The minimum Gasteiger partial charge on any atom is -0.326 e. The number of anilines is 2. The first-order valence-corrected chi connectivity index (χ1v) is 8.19. The quantitative estimate of drug-likeness (QED) is 0.855. The minimum absolute atomic E-state index is 0.0521. The molecule has 1 aliphatic heterocycles. The Morgan fingerprint density at radius 3 is 2.69 bits per heavy atom. The largest absolute Gasteiger partial charge is 0.416 e. The third-order valence-electron chi connectivity index (χ3n) is 4.31. The van der Waals surface area contributed by atoms with Gasteiger partial charge in [0.15, 0.2) is 0 Å². The lowest BCUT2D eigenvalue weighted by Gasteiger charge is -2.24. The Balaban J connectivity index is 1.57. The highest BCUT2D eigenvalue weighted by atomic mass is 19.4. The molecular formula is C19H17F3N2O2. The summed E-state index contributed by atoms with van der Waals surface area (Å²) in [6.07, 6.45) is -3.55. The lowest BCUT2D eigenvalue weighted by atomic mass is 9.89. The second-order valence-corrected chi connectivity index (χ2v) is 6.21. The van der Waals surface area contributed by atoms with Gasteiger partial charge in [-0.15, -0.1) is 0 Å². The van der Waals surface area contributed by atoms with Crippen LogP contribution in [0.4, 0.5) is 24.5 Å². The maximum Gasteiger partial charge on any atom is 0.416 e. The van der Waals surface area contributed by atoms with Crippen LogP contribution in [0.2, 0.25) is 0 Å². The fourth-order valence-corrected chi connectivity index (χ4v) is 2.95. The molecule has 2 aromatic rings. The molecule has 0 spiro atoms. The Labute approximate surface area is 148 Å². The number of amides is 2. The Morgan fingerprint density at radius 1 is 1.15 bits per heavy atom. The van der Waals surface area contributed by atoms with Gasteiger partial charge in [0.25, 0.3) is 0 Å². The van der Waals surface area contributed by atoms with Gasteiger partial charge in [-0.2, -0.15) is 13.2 Å². The number of fused-ring (bicyclic) bond motifs is 1. The zero-order valence-electron chi connectivity index (χ0n) is 13.8. The maximum absolute atomic E-state index is 12.7. The number of hydrogen-bond acceptors (Lipinski definition) is 2. The van der Waals surface area contributed by atoms with E-state index in [0.717, 1.165) is 23.4 Å². The van der Waals surface area contributed by atoms with Crippen molar-refractivity contribution in [3.8, 4) is 0 Å². The van der Waals surface area contributed by atoms with Gasteiger partial charge in [-0.05, 0) is 42.7 Å². The molecule has 0 fully saturated rings. The van der Waals surface area contributed by atoms with Crippen molar-refractivity contribution in [2.45, 2.75) is 25.4 Å². The fraction of sp³-hybridized carbons (Fsp3) is 0.263. The Bertz CT molecular complexity index is 834. The molecule has 26 heavy (non-hydrogen) atoms. The molecule has 0 saturated carbocycles. The molecule has 0 radical (unpaired) electrons. The van der Waals surface area contributed by atoms with Crippen LogP contribution < -0.4 is 10.6 Å². The average Bonchev–Trinajstić information content (AvgIpc) is 2.59. The van der Waals surface area contributed by atoms with E-state index in [4.69, 9.17) is 0 Å². The van der Waals surface area contributed by atoms with E-state index in [2.05, 4.69) is 10.6 Å². The molecule has 0 aliphatic carbocycles. The lowest BCUT2D eigenvalue weighted by Crippen LogP contribution is -2.30. The molecule has 0 unspecified atom stereocenters. The molecule has 7 heteroatoms. The van der Waals surface area contributed by atoms with Gasteiger partial charge < -0.3 is 10.6 Å². The number of benzene rings is 2. The highest BCUT2D eigenvalue weighted by Gasteiger charge is 2.30. The first kappa shape index (κ1) is 18.0. The summed E-state index contributed by atoms with van der Waals surface area (Å²) < 4.78 is 38.1. The summed E-state index contributed by atoms with van der Waals surface area (Å²) in [7, 11) is 0. The van der Waals surface area contributed by atoms with Gasteiger partial charge in [0.1, 0.15) is 0 Å². The molecule has 2 amide bonds. The van der Waals surface area contributed by atoms with Crippen molar-refractivity contribution in [3.63, 3.8) is 0 Å². The molecule has 136 valence electrons. The van der Waals surface area contributed by atoms with Crippen LogP contribution in [-0.2, 0) is 22.2 Å². The van der Waals surface area contributed by atoms with Gasteiger partial charge >= 0.3 is 6.18 Å². The van der Waals surface area contributed by atoms with Crippen LogP contribution in [0.25, 0.3) is 0 Å². The number of halogens is 3. The topological polar surface area (TPSA) is 58.2 Å². The number of alkyl halides is 3. The van der Waals surface area contributed by atoms with E-state index in [-0.39, 0.29) is 23.9 Å². The van der Waals surface area contributed by atoms with E-state index in [0.29, 0.717) is 12.8 Å². The molecule has 1 heterocycles. The van der Waals surface area contributed by atoms with Crippen molar-refractivity contribution in [1.82, 2.24) is 0 Å². The van der Waals surface area contributed by atoms with Gasteiger partial charge in [-0.3, -0.25) is 9.59 Å². The predicted molar refractivity (Wildman–Crippen MR) is 91.6 cm³/mol. The SMILES string of the molecule is O=C(CC[C@@H]1Cc2ccccc2NC1=O)Nc1cccc(C(F)(F)F)c1. The Kier molecular flexibility index (Phi) is 4.97. The number of hydrogen-bond donors (Lipinski definition) is 2. The fourth-order valence-electron chi connectivity index (χ4n) is 2.95. The zero-order chi connectivity index (χ0) is 18.7. The van der Waals surface area contributed by atoms with Crippen LogP contribution in [0.5, 0.6) is 0 Å². The van der Waals surface area contributed by atoms with Gasteiger partial charge in [-0.25, -0.2) is 0 Å². The highest BCUT2D eigenvalue weighted by molar-refractivity contribution is 5.96. The van der Waals surface area contributed by atoms with Crippen molar-refractivity contribution >= 4 is 23.2 Å². The van der Waals surface area contributed by atoms with E-state index in [1.54, 1.807) is 0 Å². The summed E-state index contributed by atoms with van der Waals surface area (Å²) in [5, 5.41) is 5.27. The van der Waals surface area contributed by atoms with Crippen LogP contribution >= 0.6 is 0 Å². The zero-order valence-corrected chi connectivity index (χ0v) is 13.8. The standard InChI is InChI=1S/C19H17F3N2O2/c20-19(21,22)14-5-3-6-15(11-14)23-17(25)9-8-13-10-12-4-1-2-7-16(12)24-18(13)26/h1-7,11,13H,8-10H2,(H,23,25)(H,24,26)/t13-/m1/s1. The maximum atomic E-state index is 12.7. The molecule has 0 aromatic heterocycles. The molecule has 2 N–H and O–H groups in total. The first-order chi connectivity index (χ1) is 12.3. The summed E-state index contributed by atoms with van der Waals surface area (Å²) in [5.74, 6) is -0.899. The molecule has 2 aromatic carbocycles. The van der Waals surface area contributed by atoms with Gasteiger partial charge in [0, 0.05) is 23.7 Å². The van der Waals surface area contributed by atoms with E-state index in [1.165, 1.54) is 12.1 Å². The normalized spacial score (nSPS) is 16.6. The van der Waals surface area contributed by atoms with E-state index in [1.807, 2.05) is 24.3 Å². The number of rotatable bonds is 4. The summed E-state index contributed by atoms with van der Waals surface area (Å²) in [5.41, 5.74) is 1.05. The van der Waals surface area contributed by atoms with Crippen molar-refractivity contribution < 1.29 is 22.8 Å². The van der Waals surface area contributed by atoms with Crippen LogP contribution in [0, 0.1) is 5.92 Å². The smallest absolute Gasteiger partial charge is 0.326 e. The molecule has 1 aliphatic rings. The molecule has 1 atom stereocenters. The van der Waals surface area contributed by atoms with Crippen molar-refractivity contribution in [2.75, 3.05) is 10.6 Å². The molecule has 4 nitrogen and oxygen atoms in total. The monoisotopic (exact) mass is 362 g/mol. The number of nitrogens with one attached hydrogen (secondary N) is 2. The molecular weight excluding hydrogens is 345 g/mol. The lowest BCUT2D eigenvalue weighted by molar-refractivity contribution is -0.137. The molecule has 3 rings (SSSR count). The van der Waals surface area contributed by atoms with Crippen LogP contribution in [0.3, 0.4) is 0 Å². The minimum atomic E-state index is -4.46. The predicted octanol–water partition coefficient (Wildman–Crippen LogP) is 4.24. The highest BCUT2D eigenvalue weighted by Crippen LogP contribution is 2.31. The van der Waals surface area contributed by atoms with Gasteiger partial charge in [0.05, 0.1) is 5.56 Å². The van der Waals surface area contributed by atoms with Crippen molar-refractivity contribution in [1.29, 1.82) is 0 Å². The molecule has 0 bridgehead atoms. The van der Waals surface area contributed by atoms with E-state index in [9.17, 15) is 22.8 Å². The number of para-hydroxylation sites is 1. The van der Waals surface area contributed by atoms with E-state index < -0.39 is 17.6 Å². The summed E-state index contributed by atoms with van der Waals surface area (Å²) in [6.45, 7) is 0. The first-order valence-electron chi connectivity index (χ1n) is 8.19. The Morgan fingerprint density at radius 2 is 1.92 bits per heavy atom. The third-order valence-corrected chi connectivity index (χ3v) is 4.31. The van der Waals surface area contributed by atoms with Crippen molar-refractivity contribution in [3.05, 3.63) is 59.7 Å². The summed E-state index contributed by atoms with van der Waals surface area (Å²) in [4.78, 5) is 24.2. The van der Waals surface area contributed by atoms with Crippen molar-refractivity contribution in [2.24, 2.45) is 5.92 Å². The molecule has 0 saturated heterocycles. The second kappa shape index (κ2) is 7.19. The Hall–Kier alpha value is -2.83. The van der Waals surface area contributed by atoms with Gasteiger partial charge in [0.2, 0.25) is 11.8 Å². The summed E-state index contributed by atoms with van der Waals surface area (Å²) >= 11 is 0. The second-order valence-electron chi connectivity index (χ2n) is 6.21. The summed E-state index contributed by atoms with van der Waals surface area (Å²) in [6, 6.07) is 11.9. The number of carbonyl (C=O) groups excluding carboxylic acids is 2. The van der Waals surface area contributed by atoms with Crippen LogP contribution in [0.1, 0.15) is 24.0 Å². The third kappa shape index (κ3) is 4.22.